The summed E-state index contributed by atoms with van der Waals surface area (Å²) in [4.78, 5) is 12.2. The molecule has 22 heavy (non-hydrogen) atoms. The third-order valence-electron chi connectivity index (χ3n) is 2.99. The van der Waals surface area contributed by atoms with Crippen molar-refractivity contribution in [1.29, 1.82) is 0 Å². The molecule has 114 valence electrons. The SMILES string of the molecule is COc1ccc(Cl)cc1C(=O)N/N=C(/C)c1ccc(Br)cc1. The minimum atomic E-state index is -0.379. The molecule has 0 spiro atoms. The van der Waals surface area contributed by atoms with E-state index in [1.165, 1.54) is 7.11 Å². The summed E-state index contributed by atoms with van der Waals surface area (Å²) in [5.41, 5.74) is 4.46. The molecule has 0 unspecified atom stereocenters. The van der Waals surface area contributed by atoms with Crippen LogP contribution in [0.2, 0.25) is 5.02 Å². The highest BCUT2D eigenvalue weighted by molar-refractivity contribution is 9.10. The Morgan fingerprint density at radius 3 is 2.55 bits per heavy atom. The van der Waals surface area contributed by atoms with Gasteiger partial charge in [-0.3, -0.25) is 4.79 Å². The van der Waals surface area contributed by atoms with Crippen LogP contribution in [0.25, 0.3) is 0 Å². The highest BCUT2D eigenvalue weighted by Crippen LogP contribution is 2.22. The van der Waals surface area contributed by atoms with Gasteiger partial charge in [0, 0.05) is 9.50 Å². The van der Waals surface area contributed by atoms with E-state index in [2.05, 4.69) is 26.5 Å². The van der Waals surface area contributed by atoms with Crippen molar-refractivity contribution in [1.82, 2.24) is 5.43 Å². The summed E-state index contributed by atoms with van der Waals surface area (Å²) in [5, 5.41) is 4.57. The summed E-state index contributed by atoms with van der Waals surface area (Å²) in [6.07, 6.45) is 0. The van der Waals surface area contributed by atoms with Gasteiger partial charge in [-0.25, -0.2) is 5.43 Å². The largest absolute Gasteiger partial charge is 0.496 e. The molecule has 0 saturated carbocycles. The maximum absolute atomic E-state index is 12.2. The van der Waals surface area contributed by atoms with Crippen molar-refractivity contribution in [2.24, 2.45) is 5.10 Å². The lowest BCUT2D eigenvalue weighted by Crippen LogP contribution is -2.20. The third-order valence-corrected chi connectivity index (χ3v) is 3.76. The minimum absolute atomic E-state index is 0.336. The van der Waals surface area contributed by atoms with Gasteiger partial charge in [-0.2, -0.15) is 5.10 Å². The maximum atomic E-state index is 12.2. The molecule has 1 N–H and O–H groups in total. The van der Waals surface area contributed by atoms with Gasteiger partial charge in [0.25, 0.3) is 5.91 Å². The number of hydrogen-bond donors (Lipinski definition) is 1. The molecule has 0 saturated heterocycles. The van der Waals surface area contributed by atoms with Crippen LogP contribution >= 0.6 is 27.5 Å². The fraction of sp³-hybridized carbons (Fsp3) is 0.125. The van der Waals surface area contributed by atoms with Crippen molar-refractivity contribution >= 4 is 39.1 Å². The summed E-state index contributed by atoms with van der Waals surface area (Å²) in [5.74, 6) is 0.0641. The summed E-state index contributed by atoms with van der Waals surface area (Å²) >= 11 is 9.29. The Hall–Kier alpha value is -1.85. The topological polar surface area (TPSA) is 50.7 Å². The molecule has 2 rings (SSSR count). The average molecular weight is 382 g/mol. The molecule has 0 aromatic heterocycles. The summed E-state index contributed by atoms with van der Waals surface area (Å²) < 4.78 is 6.14. The lowest BCUT2D eigenvalue weighted by Gasteiger charge is -2.08. The van der Waals surface area contributed by atoms with Crippen LogP contribution in [0.4, 0.5) is 0 Å². The summed E-state index contributed by atoms with van der Waals surface area (Å²) in [6, 6.07) is 12.5. The smallest absolute Gasteiger partial charge is 0.275 e. The zero-order chi connectivity index (χ0) is 16.1. The minimum Gasteiger partial charge on any atom is -0.496 e. The Labute approximate surface area is 142 Å². The third kappa shape index (κ3) is 4.08. The number of hydrogen-bond acceptors (Lipinski definition) is 3. The predicted molar refractivity (Wildman–Crippen MR) is 91.8 cm³/mol. The van der Waals surface area contributed by atoms with Crippen molar-refractivity contribution < 1.29 is 9.53 Å². The fourth-order valence-electron chi connectivity index (χ4n) is 1.81. The van der Waals surface area contributed by atoms with Gasteiger partial charge in [-0.1, -0.05) is 39.7 Å². The first-order chi connectivity index (χ1) is 10.5. The van der Waals surface area contributed by atoms with E-state index in [-0.39, 0.29) is 5.91 Å². The van der Waals surface area contributed by atoms with Gasteiger partial charge in [0.15, 0.2) is 0 Å². The standard InChI is InChI=1S/C16H14BrClN2O2/c1-10(11-3-5-12(17)6-4-11)19-20-16(21)14-9-13(18)7-8-15(14)22-2/h3-9H,1-2H3,(H,20,21)/b19-10-. The van der Waals surface area contributed by atoms with Crippen LogP contribution in [0, 0.1) is 0 Å². The number of methoxy groups -OCH3 is 1. The van der Waals surface area contributed by atoms with E-state index in [0.717, 1.165) is 10.0 Å². The zero-order valence-electron chi connectivity index (χ0n) is 12.1. The van der Waals surface area contributed by atoms with Crippen LogP contribution in [-0.2, 0) is 0 Å². The fourth-order valence-corrected chi connectivity index (χ4v) is 2.24. The van der Waals surface area contributed by atoms with E-state index < -0.39 is 0 Å². The zero-order valence-corrected chi connectivity index (χ0v) is 14.4. The first-order valence-corrected chi connectivity index (χ1v) is 7.62. The molecular formula is C16H14BrClN2O2. The highest BCUT2D eigenvalue weighted by Gasteiger charge is 2.12. The van der Waals surface area contributed by atoms with Gasteiger partial charge in [0.2, 0.25) is 0 Å². The number of rotatable bonds is 4. The number of nitrogens with zero attached hydrogens (tertiary/aromatic N) is 1. The van der Waals surface area contributed by atoms with Gasteiger partial charge < -0.3 is 4.74 Å². The predicted octanol–water partition coefficient (Wildman–Crippen LogP) is 4.27. The van der Waals surface area contributed by atoms with Crippen molar-refractivity contribution in [3.8, 4) is 5.75 Å². The number of hydrazone groups is 1. The first kappa shape index (κ1) is 16.5. The number of ether oxygens (including phenoxy) is 1. The van der Waals surface area contributed by atoms with Gasteiger partial charge >= 0.3 is 0 Å². The van der Waals surface area contributed by atoms with Crippen LogP contribution < -0.4 is 10.2 Å². The number of halogens is 2. The van der Waals surface area contributed by atoms with E-state index in [1.54, 1.807) is 18.2 Å². The molecule has 0 radical (unpaired) electrons. The van der Waals surface area contributed by atoms with Crippen molar-refractivity contribution in [3.63, 3.8) is 0 Å². The molecule has 0 fully saturated rings. The second kappa shape index (κ2) is 7.42. The molecule has 2 aromatic carbocycles. The van der Waals surface area contributed by atoms with E-state index in [4.69, 9.17) is 16.3 Å². The number of carbonyl (C=O) groups excluding carboxylic acids is 1. The Bertz CT molecular complexity index is 715. The quantitative estimate of drug-likeness (QED) is 0.635. The Balaban J connectivity index is 2.17. The number of amides is 1. The molecule has 6 heteroatoms. The van der Waals surface area contributed by atoms with Gasteiger partial charge in [-0.05, 0) is 42.8 Å². The molecule has 0 aliphatic heterocycles. The summed E-state index contributed by atoms with van der Waals surface area (Å²) in [7, 11) is 1.50. The Morgan fingerprint density at radius 2 is 1.91 bits per heavy atom. The van der Waals surface area contributed by atoms with Crippen LogP contribution in [0.15, 0.2) is 52.0 Å². The lowest BCUT2D eigenvalue weighted by molar-refractivity contribution is 0.0952. The summed E-state index contributed by atoms with van der Waals surface area (Å²) in [6.45, 7) is 1.82. The maximum Gasteiger partial charge on any atom is 0.275 e. The normalized spacial score (nSPS) is 11.2. The molecule has 0 aliphatic carbocycles. The van der Waals surface area contributed by atoms with E-state index in [9.17, 15) is 4.79 Å². The lowest BCUT2D eigenvalue weighted by atomic mass is 10.1. The first-order valence-electron chi connectivity index (χ1n) is 6.45. The van der Waals surface area contributed by atoms with Crippen LogP contribution in [0.3, 0.4) is 0 Å². The van der Waals surface area contributed by atoms with Crippen LogP contribution in [0.5, 0.6) is 5.75 Å². The van der Waals surface area contributed by atoms with Crippen LogP contribution in [0.1, 0.15) is 22.8 Å². The molecule has 0 heterocycles. The van der Waals surface area contributed by atoms with E-state index in [1.807, 2.05) is 31.2 Å². The molecule has 1 amide bonds. The second-order valence-corrected chi connectivity index (χ2v) is 5.84. The molecule has 0 aliphatic rings. The number of nitrogens with one attached hydrogen (secondary N) is 1. The number of benzene rings is 2. The molecule has 0 atom stereocenters. The average Bonchev–Trinajstić information content (AvgIpc) is 2.53. The molecule has 2 aromatic rings. The molecule has 0 bridgehead atoms. The van der Waals surface area contributed by atoms with E-state index in [0.29, 0.717) is 22.0 Å². The van der Waals surface area contributed by atoms with Crippen molar-refractivity contribution in [3.05, 3.63) is 63.1 Å². The van der Waals surface area contributed by atoms with Gasteiger partial charge in [-0.15, -0.1) is 0 Å². The van der Waals surface area contributed by atoms with Gasteiger partial charge in [0.1, 0.15) is 5.75 Å². The van der Waals surface area contributed by atoms with Gasteiger partial charge in [0.05, 0.1) is 18.4 Å². The monoisotopic (exact) mass is 380 g/mol. The van der Waals surface area contributed by atoms with E-state index >= 15 is 0 Å². The van der Waals surface area contributed by atoms with Crippen LogP contribution in [-0.4, -0.2) is 18.7 Å². The highest BCUT2D eigenvalue weighted by atomic mass is 79.9. The van der Waals surface area contributed by atoms with Crippen molar-refractivity contribution in [2.45, 2.75) is 6.92 Å². The Morgan fingerprint density at radius 1 is 1.23 bits per heavy atom. The second-order valence-electron chi connectivity index (χ2n) is 4.49. The Kier molecular flexibility index (Phi) is 5.57. The molecule has 4 nitrogen and oxygen atoms in total. The molecular weight excluding hydrogens is 368 g/mol. The van der Waals surface area contributed by atoms with Crippen molar-refractivity contribution in [2.75, 3.05) is 7.11 Å². The number of carbonyl (C=O) groups is 1.